The normalized spacial score (nSPS) is 17.9. The molecule has 0 radical (unpaired) electrons. The van der Waals surface area contributed by atoms with E-state index in [2.05, 4.69) is 28.7 Å². The van der Waals surface area contributed by atoms with Crippen molar-refractivity contribution in [3.63, 3.8) is 0 Å². The minimum Gasteiger partial charge on any atom is -0.497 e. The molecule has 1 fully saturated rings. The summed E-state index contributed by atoms with van der Waals surface area (Å²) in [7, 11) is -1.99. The molecule has 0 amide bonds. The minimum atomic E-state index is -3.54. The zero-order valence-electron chi connectivity index (χ0n) is 15.3. The van der Waals surface area contributed by atoms with Gasteiger partial charge in [0.25, 0.3) is 0 Å². The van der Waals surface area contributed by atoms with Crippen LogP contribution >= 0.6 is 0 Å². The molecular formula is C20H26N2O3S. The molecule has 2 aromatic rings. The molecule has 0 saturated carbocycles. The van der Waals surface area contributed by atoms with E-state index in [1.807, 2.05) is 12.1 Å². The molecular weight excluding hydrogens is 348 g/mol. The maximum atomic E-state index is 12.4. The van der Waals surface area contributed by atoms with Crippen molar-refractivity contribution >= 4 is 15.7 Å². The van der Waals surface area contributed by atoms with Crippen LogP contribution in [0, 0.1) is 5.92 Å². The lowest BCUT2D eigenvalue weighted by atomic mass is 9.99. The molecule has 140 valence electrons. The Morgan fingerprint density at radius 2 is 1.81 bits per heavy atom. The van der Waals surface area contributed by atoms with Crippen molar-refractivity contribution in [3.8, 4) is 5.75 Å². The van der Waals surface area contributed by atoms with Crippen LogP contribution in [-0.2, 0) is 16.6 Å². The Hall–Kier alpha value is -2.05. The lowest BCUT2D eigenvalue weighted by Gasteiger charge is -2.32. The number of hydrogen-bond acceptors (Lipinski definition) is 4. The summed E-state index contributed by atoms with van der Waals surface area (Å²) in [4.78, 5) is 2.64. The smallest absolute Gasteiger partial charge is 0.240 e. The number of benzene rings is 2. The molecule has 1 aliphatic rings. The highest BCUT2D eigenvalue weighted by atomic mass is 32.2. The second-order valence-corrected chi connectivity index (χ2v) is 8.63. The highest BCUT2D eigenvalue weighted by Gasteiger charge is 2.17. The number of nitrogens with zero attached hydrogens (tertiary/aromatic N) is 1. The maximum Gasteiger partial charge on any atom is 0.240 e. The predicted octanol–water partition coefficient (Wildman–Crippen LogP) is 3.41. The first kappa shape index (κ1) is 18.7. The number of sulfonamides is 1. The van der Waals surface area contributed by atoms with Crippen LogP contribution in [0.4, 0.5) is 5.69 Å². The first-order chi connectivity index (χ1) is 12.5. The van der Waals surface area contributed by atoms with Crippen molar-refractivity contribution in [2.75, 3.05) is 25.1 Å². The molecule has 3 rings (SSSR count). The molecule has 1 N–H and O–H groups in total. The van der Waals surface area contributed by atoms with E-state index in [1.54, 1.807) is 31.4 Å². The summed E-state index contributed by atoms with van der Waals surface area (Å²) in [6, 6.07) is 14.5. The van der Waals surface area contributed by atoms with Crippen LogP contribution in [0.1, 0.15) is 25.3 Å². The molecule has 0 aliphatic carbocycles. The second-order valence-electron chi connectivity index (χ2n) is 6.86. The van der Waals surface area contributed by atoms with Gasteiger partial charge in [0.15, 0.2) is 0 Å². The molecule has 1 saturated heterocycles. The van der Waals surface area contributed by atoms with Crippen LogP contribution in [0.15, 0.2) is 53.4 Å². The first-order valence-electron chi connectivity index (χ1n) is 8.95. The van der Waals surface area contributed by atoms with Gasteiger partial charge in [-0.3, -0.25) is 0 Å². The minimum absolute atomic E-state index is 0.234. The van der Waals surface area contributed by atoms with E-state index in [4.69, 9.17) is 4.74 Å². The number of anilines is 1. The van der Waals surface area contributed by atoms with Gasteiger partial charge >= 0.3 is 0 Å². The number of ether oxygens (including phenoxy) is 1. The molecule has 2 aromatic carbocycles. The van der Waals surface area contributed by atoms with E-state index in [9.17, 15) is 8.42 Å². The number of piperidine rings is 1. The van der Waals surface area contributed by atoms with Crippen molar-refractivity contribution in [2.24, 2.45) is 5.92 Å². The molecule has 1 heterocycles. The van der Waals surface area contributed by atoms with Crippen LogP contribution in [0.3, 0.4) is 0 Å². The van der Waals surface area contributed by atoms with Crippen molar-refractivity contribution in [2.45, 2.75) is 31.2 Å². The molecule has 1 unspecified atom stereocenters. The fourth-order valence-electron chi connectivity index (χ4n) is 3.27. The van der Waals surface area contributed by atoms with E-state index in [0.717, 1.165) is 24.6 Å². The van der Waals surface area contributed by atoms with Gasteiger partial charge in [0.2, 0.25) is 10.0 Å². The van der Waals surface area contributed by atoms with E-state index in [0.29, 0.717) is 5.75 Å². The maximum absolute atomic E-state index is 12.4. The Morgan fingerprint density at radius 3 is 2.42 bits per heavy atom. The summed E-state index contributed by atoms with van der Waals surface area (Å²) in [6.45, 7) is 4.73. The Labute approximate surface area is 156 Å². The topological polar surface area (TPSA) is 58.6 Å². The highest BCUT2D eigenvalue weighted by molar-refractivity contribution is 7.89. The van der Waals surface area contributed by atoms with E-state index in [1.165, 1.54) is 18.5 Å². The third kappa shape index (κ3) is 4.56. The summed E-state index contributed by atoms with van der Waals surface area (Å²) in [6.07, 6.45) is 2.52. The largest absolute Gasteiger partial charge is 0.497 e. The quantitative estimate of drug-likeness (QED) is 0.842. The number of nitrogens with one attached hydrogen (secondary N) is 1. The third-order valence-corrected chi connectivity index (χ3v) is 6.21. The lowest BCUT2D eigenvalue weighted by Crippen LogP contribution is -2.34. The summed E-state index contributed by atoms with van der Waals surface area (Å²) in [5.74, 6) is 1.35. The molecule has 0 spiro atoms. The third-order valence-electron chi connectivity index (χ3n) is 4.79. The SMILES string of the molecule is COc1ccc(S(=O)(=O)NCc2ccc(N3CCCC(C)C3)cc2)cc1. The van der Waals surface area contributed by atoms with Crippen molar-refractivity contribution in [3.05, 3.63) is 54.1 Å². The average molecular weight is 375 g/mol. The highest BCUT2D eigenvalue weighted by Crippen LogP contribution is 2.23. The van der Waals surface area contributed by atoms with Gasteiger partial charge < -0.3 is 9.64 Å². The van der Waals surface area contributed by atoms with Gasteiger partial charge in [-0.1, -0.05) is 19.1 Å². The molecule has 1 atom stereocenters. The average Bonchev–Trinajstić information content (AvgIpc) is 2.67. The summed E-state index contributed by atoms with van der Waals surface area (Å²) in [5, 5.41) is 0. The van der Waals surface area contributed by atoms with Gasteiger partial charge in [-0.2, -0.15) is 0 Å². The Balaban J connectivity index is 1.61. The molecule has 0 bridgehead atoms. The zero-order chi connectivity index (χ0) is 18.6. The Morgan fingerprint density at radius 1 is 1.12 bits per heavy atom. The van der Waals surface area contributed by atoms with Gasteiger partial charge in [0, 0.05) is 25.3 Å². The van der Waals surface area contributed by atoms with E-state index in [-0.39, 0.29) is 11.4 Å². The molecule has 0 aromatic heterocycles. The van der Waals surface area contributed by atoms with Crippen LogP contribution in [0.2, 0.25) is 0 Å². The van der Waals surface area contributed by atoms with Gasteiger partial charge in [0.05, 0.1) is 12.0 Å². The van der Waals surface area contributed by atoms with Crippen LogP contribution in [-0.4, -0.2) is 28.6 Å². The van der Waals surface area contributed by atoms with Gasteiger partial charge in [0.1, 0.15) is 5.75 Å². The van der Waals surface area contributed by atoms with Crippen LogP contribution < -0.4 is 14.4 Å². The van der Waals surface area contributed by atoms with E-state index >= 15 is 0 Å². The zero-order valence-corrected chi connectivity index (χ0v) is 16.1. The van der Waals surface area contributed by atoms with Crippen molar-refractivity contribution in [1.29, 1.82) is 0 Å². The first-order valence-corrected chi connectivity index (χ1v) is 10.4. The van der Waals surface area contributed by atoms with Gasteiger partial charge in [-0.25, -0.2) is 13.1 Å². The molecule has 6 heteroatoms. The molecule has 26 heavy (non-hydrogen) atoms. The summed E-state index contributed by atoms with van der Waals surface area (Å²) in [5.41, 5.74) is 2.15. The molecule has 5 nitrogen and oxygen atoms in total. The standard InChI is InChI=1S/C20H26N2O3S/c1-16-4-3-13-22(15-16)18-7-5-17(6-8-18)14-21-26(23,24)20-11-9-19(25-2)10-12-20/h5-12,16,21H,3-4,13-15H2,1-2H3. The van der Waals surface area contributed by atoms with Crippen molar-refractivity contribution < 1.29 is 13.2 Å². The predicted molar refractivity (Wildman–Crippen MR) is 104 cm³/mol. The number of hydrogen-bond donors (Lipinski definition) is 1. The van der Waals surface area contributed by atoms with Gasteiger partial charge in [-0.15, -0.1) is 0 Å². The summed E-state index contributed by atoms with van der Waals surface area (Å²) < 4.78 is 32.5. The fourth-order valence-corrected chi connectivity index (χ4v) is 4.28. The van der Waals surface area contributed by atoms with Crippen LogP contribution in [0.25, 0.3) is 0 Å². The molecule has 1 aliphatic heterocycles. The Bertz CT molecular complexity index is 817. The summed E-state index contributed by atoms with van der Waals surface area (Å²) >= 11 is 0. The fraction of sp³-hybridized carbons (Fsp3) is 0.400. The number of methoxy groups -OCH3 is 1. The second kappa shape index (κ2) is 8.10. The van der Waals surface area contributed by atoms with Crippen molar-refractivity contribution in [1.82, 2.24) is 4.72 Å². The van der Waals surface area contributed by atoms with Crippen LogP contribution in [0.5, 0.6) is 5.75 Å². The van der Waals surface area contributed by atoms with Gasteiger partial charge in [-0.05, 0) is 60.7 Å². The number of rotatable bonds is 6. The monoisotopic (exact) mass is 374 g/mol. The Kier molecular flexibility index (Phi) is 5.84. The lowest BCUT2D eigenvalue weighted by molar-refractivity contribution is 0.414. The van der Waals surface area contributed by atoms with E-state index < -0.39 is 10.0 Å².